The Morgan fingerprint density at radius 2 is 1.18 bits per heavy atom. The molecule has 0 spiro atoms. The number of primary amides is 1. The van der Waals surface area contributed by atoms with Gasteiger partial charge in [0.05, 0.1) is 92.6 Å². The van der Waals surface area contributed by atoms with E-state index in [4.69, 9.17) is 74.6 Å². The van der Waals surface area contributed by atoms with E-state index in [1.165, 1.54) is 37.7 Å². The number of carboxylic acids is 1. The van der Waals surface area contributed by atoms with Gasteiger partial charge in [-0.1, -0.05) is 101 Å². The summed E-state index contributed by atoms with van der Waals surface area (Å²) in [5, 5.41) is 10.3. The van der Waals surface area contributed by atoms with Gasteiger partial charge in [-0.3, -0.25) is 33.5 Å². The molecule has 0 unspecified atom stereocenters. The Morgan fingerprint density at radius 1 is 0.679 bits per heavy atom. The van der Waals surface area contributed by atoms with Gasteiger partial charge in [0.25, 0.3) is 5.56 Å². The smallest absolute Gasteiger partial charge is 0.870 e. The summed E-state index contributed by atoms with van der Waals surface area (Å²) >= 11 is 23.2. The van der Waals surface area contributed by atoms with Gasteiger partial charge in [0.2, 0.25) is 17.7 Å². The van der Waals surface area contributed by atoms with Crippen LogP contribution in [0.25, 0.3) is 10.9 Å². The molecule has 1 aliphatic heterocycles. The number of carbonyl (C=O) groups excluding carboxylic acids is 6. The van der Waals surface area contributed by atoms with E-state index in [9.17, 15) is 38.4 Å². The van der Waals surface area contributed by atoms with Crippen molar-refractivity contribution < 1.29 is 72.5 Å². The first kappa shape index (κ1) is 73.1. The molecule has 0 radical (unpaired) electrons. The fraction of sp³-hybridized carbons (Fsp3) is 0.356. The third-order valence-electron chi connectivity index (χ3n) is 13.5. The van der Waals surface area contributed by atoms with Gasteiger partial charge in [-0.25, -0.2) is 19.4 Å². The molecule has 6 aromatic rings. The number of halogens is 4. The average molecular weight is 1230 g/mol. The topological polar surface area (TPSA) is 343 Å². The molecule has 1 saturated heterocycles. The van der Waals surface area contributed by atoms with Crippen LogP contribution in [-0.4, -0.2) is 85.2 Å². The molecule has 1 atom stereocenters. The van der Waals surface area contributed by atoms with Gasteiger partial charge in [0, 0.05) is 42.2 Å². The second-order valence-electron chi connectivity index (χ2n) is 19.0. The standard InChI is InChI=1S/C26H29ClN4O3.C10H12ClNO2.C10H13NO2.C9H10ClNO2.C4H4ClNO2.Li.H2O/c1-2-16-10-20-24(21(27)11-16)30-15-31(26(20)34)22(12-17-6-4-3-5-7-17)23(32)13-19-9-8-18(14-29-19)25(28)33;1-3-6-4-7(10(13)14-2)9(12)8(11)5-6;1-3-7-4-5-9(11)8(6-7)10(12)13-2;1-2-5-3-6(9(12)13)8(11)7(10)4-5;5-6-3(7)1-2-4(6)8;;/h8-11,14-15,17,22H,2-7,12-13H2,1H3,(H2,28,33);4-5H,3,12H2,1-2H3;4-6H,3,11H2,1-2H3;3-4H,2,11H2,1H3,(H,12,13);1-2H2;;1H2/q;;;;;+1;/p-1/t22-;;;;;;/m0....../s1. The van der Waals surface area contributed by atoms with E-state index in [2.05, 4.69) is 19.4 Å². The van der Waals surface area contributed by atoms with Crippen LogP contribution >= 0.6 is 46.6 Å². The van der Waals surface area contributed by atoms with Crippen molar-refractivity contribution in [2.24, 2.45) is 11.7 Å². The molecule has 4 aromatic carbocycles. The zero-order chi connectivity index (χ0) is 61.0. The largest absolute Gasteiger partial charge is 1.00 e. The Hall–Kier alpha value is -7.02. The predicted octanol–water partition coefficient (Wildman–Crippen LogP) is 7.62. The maximum atomic E-state index is 13.6. The van der Waals surface area contributed by atoms with Crippen molar-refractivity contribution in [2.45, 2.75) is 117 Å². The number of ketones is 1. The number of aryl methyl sites for hydroxylation is 4. The number of methoxy groups -OCH3 is 2. The average Bonchev–Trinajstić information content (AvgIpc) is 3.95. The van der Waals surface area contributed by atoms with Crippen molar-refractivity contribution >= 4 is 116 Å². The molecule has 3 heterocycles. The predicted molar refractivity (Wildman–Crippen MR) is 321 cm³/mol. The van der Waals surface area contributed by atoms with Crippen LogP contribution in [-0.2, 0) is 56.0 Å². The molecule has 3 amide bonds. The minimum absolute atomic E-state index is 0. The summed E-state index contributed by atoms with van der Waals surface area (Å²) in [6.07, 6.45) is 12.7. The van der Waals surface area contributed by atoms with Crippen molar-refractivity contribution in [3.05, 3.63) is 155 Å². The van der Waals surface area contributed by atoms with Gasteiger partial charge in [0.15, 0.2) is 5.78 Å². The number of pyridine rings is 1. The number of ether oxygens (including phenoxy) is 2. The molecule has 446 valence electrons. The van der Waals surface area contributed by atoms with Gasteiger partial charge < -0.3 is 43.0 Å². The molecule has 10 N–H and O–H groups in total. The van der Waals surface area contributed by atoms with E-state index in [0.717, 1.165) is 73.6 Å². The fourth-order valence-corrected chi connectivity index (χ4v) is 9.61. The van der Waals surface area contributed by atoms with Gasteiger partial charge in [-0.05, 0) is 121 Å². The van der Waals surface area contributed by atoms with Gasteiger partial charge in [0.1, 0.15) is 0 Å². The number of hydrogen-bond donors (Lipinski definition) is 5. The van der Waals surface area contributed by atoms with Crippen LogP contribution in [0.2, 0.25) is 15.1 Å². The van der Waals surface area contributed by atoms with E-state index in [1.54, 1.807) is 48.5 Å². The second kappa shape index (κ2) is 35.3. The number of carboxylic acid groups (broad SMARTS) is 1. The number of benzene rings is 4. The van der Waals surface area contributed by atoms with Crippen LogP contribution in [0.3, 0.4) is 0 Å². The van der Waals surface area contributed by atoms with Crippen molar-refractivity contribution in [1.29, 1.82) is 0 Å². The Bertz CT molecular complexity index is 3350. The summed E-state index contributed by atoms with van der Waals surface area (Å²) in [5.41, 5.74) is 28.6. The van der Waals surface area contributed by atoms with Crippen molar-refractivity contribution in [1.82, 2.24) is 19.0 Å². The number of anilines is 3. The zero-order valence-electron chi connectivity index (χ0n) is 47.9. The number of nitrogen functional groups attached to an aromatic ring is 3. The molecule has 0 bridgehead atoms. The van der Waals surface area contributed by atoms with Gasteiger partial charge in [-0.2, -0.15) is 4.42 Å². The van der Waals surface area contributed by atoms with Gasteiger partial charge >= 0.3 is 36.8 Å². The summed E-state index contributed by atoms with van der Waals surface area (Å²) in [5.74, 6) is -2.78. The van der Waals surface area contributed by atoms with Crippen LogP contribution in [0, 0.1) is 5.92 Å². The monoisotopic (exact) mass is 1230 g/mol. The molecule has 2 aromatic heterocycles. The number of fused-ring (bicyclic) bond motifs is 1. The molecule has 25 heteroatoms. The summed E-state index contributed by atoms with van der Waals surface area (Å²) in [4.78, 5) is 101. The number of esters is 2. The number of nitrogens with zero attached hydrogens (tertiary/aromatic N) is 4. The van der Waals surface area contributed by atoms with Crippen molar-refractivity contribution in [3.63, 3.8) is 0 Å². The quantitative estimate of drug-likeness (QED) is 0.0230. The maximum Gasteiger partial charge on any atom is 1.00 e. The number of rotatable bonds is 14. The summed E-state index contributed by atoms with van der Waals surface area (Å²) in [6, 6.07) is 18.3. The summed E-state index contributed by atoms with van der Waals surface area (Å²) in [6.45, 7) is 7.92. The first-order valence-electron chi connectivity index (χ1n) is 26.4. The Morgan fingerprint density at radius 3 is 1.65 bits per heavy atom. The van der Waals surface area contributed by atoms with E-state index in [1.807, 2.05) is 45.9 Å². The molecule has 2 aliphatic rings. The van der Waals surface area contributed by atoms with Crippen LogP contribution < -0.4 is 47.4 Å². The van der Waals surface area contributed by atoms with Crippen molar-refractivity contribution in [3.8, 4) is 0 Å². The summed E-state index contributed by atoms with van der Waals surface area (Å²) in [7, 11) is 2.66. The Kier molecular flexibility index (Phi) is 30.7. The van der Waals surface area contributed by atoms with Gasteiger partial charge in [-0.15, -0.1) is 0 Å². The van der Waals surface area contributed by atoms with Crippen LogP contribution in [0.1, 0.15) is 154 Å². The number of hydrogen-bond acceptors (Lipinski definition) is 16. The molecule has 1 saturated carbocycles. The first-order valence-corrected chi connectivity index (χ1v) is 27.8. The number of carbonyl (C=O) groups is 7. The molecular formula is C59H69Cl4LiN8O12. The Balaban J connectivity index is 0.000000400. The van der Waals surface area contributed by atoms with Crippen LogP contribution in [0.5, 0.6) is 0 Å². The molecular weight excluding hydrogens is 1160 g/mol. The van der Waals surface area contributed by atoms with Crippen LogP contribution in [0.15, 0.2) is 84.0 Å². The molecule has 84 heavy (non-hydrogen) atoms. The summed E-state index contributed by atoms with van der Waals surface area (Å²) < 4.78 is 11.3. The normalized spacial score (nSPS) is 12.9. The number of aromatic nitrogens is 3. The zero-order valence-corrected chi connectivity index (χ0v) is 51.0. The molecule has 20 nitrogen and oxygen atoms in total. The number of aromatic carboxylic acids is 1. The molecule has 8 rings (SSSR count). The number of amides is 3. The number of imide groups is 1. The van der Waals surface area contributed by atoms with E-state index < -0.39 is 23.9 Å². The van der Waals surface area contributed by atoms with E-state index in [-0.39, 0.29) is 95.2 Å². The SMILES string of the molecule is CCc1cc(Cl)c(N)c(C(=O)O)c1.CCc1cc(Cl)c(N)c(C(=O)OC)c1.CCc1cc(Cl)c2ncn([C@@H](CC3CCCCC3)C(=O)Cc3ccc(C(N)=O)cn3)c(=O)c2c1.CCc1ccc(N)c(C(=O)OC)c1.O=C1CCC(=O)N1Cl.[Li+].[OH-]. The second-order valence-corrected chi connectivity index (χ2v) is 20.6. The third-order valence-corrected chi connectivity index (χ3v) is 14.8. The first-order chi connectivity index (χ1) is 38.9. The van der Waals surface area contributed by atoms with E-state index >= 15 is 0 Å². The third kappa shape index (κ3) is 20.4. The molecule has 1 aliphatic carbocycles. The minimum Gasteiger partial charge on any atom is -0.870 e. The molecule has 2 fully saturated rings. The van der Waals surface area contributed by atoms with E-state index in [0.29, 0.717) is 65.2 Å². The number of nitrogens with two attached hydrogens (primary N) is 4. The fourth-order valence-electron chi connectivity index (χ4n) is 8.67. The Labute approximate surface area is 519 Å². The minimum atomic E-state index is -1.05. The van der Waals surface area contributed by atoms with Crippen molar-refractivity contribution in [2.75, 3.05) is 31.4 Å². The number of Topliss-reactive ketones (excluding diaryl/α,β-unsaturated/α-hetero) is 1. The van der Waals surface area contributed by atoms with Crippen LogP contribution in [0.4, 0.5) is 17.1 Å². The maximum absolute atomic E-state index is 13.6.